The van der Waals surface area contributed by atoms with Gasteiger partial charge in [0.05, 0.1) is 10.8 Å². The molecule has 0 saturated carbocycles. The summed E-state index contributed by atoms with van der Waals surface area (Å²) >= 11 is 0. The van der Waals surface area contributed by atoms with Gasteiger partial charge in [-0.15, -0.1) is 0 Å². The Hall–Kier alpha value is -4.30. The highest BCUT2D eigenvalue weighted by atomic mass is 15.1. The van der Waals surface area contributed by atoms with Gasteiger partial charge in [-0.25, -0.2) is 0 Å². The summed E-state index contributed by atoms with van der Waals surface area (Å²) in [4.78, 5) is 0. The lowest BCUT2D eigenvalue weighted by Gasteiger charge is -2.47. The van der Waals surface area contributed by atoms with Gasteiger partial charge >= 0.3 is 0 Å². The molecule has 214 valence electrons. The number of hydrogen-bond acceptors (Lipinski definition) is 0. The van der Waals surface area contributed by atoms with Crippen LogP contribution in [-0.4, -0.2) is 0 Å². The molecule has 0 saturated heterocycles. The van der Waals surface area contributed by atoms with Crippen LogP contribution in [0.2, 0.25) is 0 Å². The number of nitrogens with zero attached hydrogens (tertiary/aromatic N) is 2. The SMILES string of the molecule is CCC1(CCC[n+]2ccc(-c3ccccc3)cc2-c2ccccc2C)c2cccc3ccc4ccc[n+](c4c23)C1(C)CC. The number of aryl methyl sites for hydroxylation is 2. The lowest BCUT2D eigenvalue weighted by Crippen LogP contribution is -2.67. The molecule has 0 fully saturated rings. The average molecular weight is 563 g/mol. The van der Waals surface area contributed by atoms with E-state index in [1.165, 1.54) is 55.2 Å². The van der Waals surface area contributed by atoms with Crippen molar-refractivity contribution in [2.24, 2.45) is 0 Å². The molecule has 2 heteroatoms. The minimum atomic E-state index is -0.0232. The highest BCUT2D eigenvalue weighted by Gasteiger charge is 2.57. The zero-order valence-corrected chi connectivity index (χ0v) is 26.0. The first-order valence-electron chi connectivity index (χ1n) is 16.0. The summed E-state index contributed by atoms with van der Waals surface area (Å²) in [5.74, 6) is 0. The monoisotopic (exact) mass is 562 g/mol. The Balaban J connectivity index is 1.31. The van der Waals surface area contributed by atoms with Crippen molar-refractivity contribution in [3.63, 3.8) is 0 Å². The Kier molecular flexibility index (Phi) is 6.89. The molecule has 43 heavy (non-hydrogen) atoms. The fraction of sp³-hybridized carbons (Fsp3) is 0.268. The normalized spacial score (nSPS) is 19.3. The Bertz CT molecular complexity index is 1960. The van der Waals surface area contributed by atoms with Crippen LogP contribution in [0.4, 0.5) is 0 Å². The molecule has 2 unspecified atom stereocenters. The lowest BCUT2D eigenvalue weighted by molar-refractivity contribution is -0.752. The predicted molar refractivity (Wildman–Crippen MR) is 179 cm³/mol. The third-order valence-electron chi connectivity index (χ3n) is 10.7. The fourth-order valence-corrected chi connectivity index (χ4v) is 8.25. The van der Waals surface area contributed by atoms with Crippen LogP contribution in [0, 0.1) is 6.92 Å². The summed E-state index contributed by atoms with van der Waals surface area (Å²) < 4.78 is 5.13. The van der Waals surface area contributed by atoms with E-state index in [9.17, 15) is 0 Å². The quantitative estimate of drug-likeness (QED) is 0.129. The molecule has 1 aliphatic rings. The number of benzene rings is 4. The summed E-state index contributed by atoms with van der Waals surface area (Å²) in [7, 11) is 0. The van der Waals surface area contributed by atoms with Crippen LogP contribution in [0.3, 0.4) is 0 Å². The Morgan fingerprint density at radius 1 is 0.674 bits per heavy atom. The van der Waals surface area contributed by atoms with E-state index < -0.39 is 0 Å². The Morgan fingerprint density at radius 2 is 1.44 bits per heavy atom. The third kappa shape index (κ3) is 4.22. The zero-order valence-electron chi connectivity index (χ0n) is 26.0. The maximum absolute atomic E-state index is 2.64. The van der Waals surface area contributed by atoms with Gasteiger partial charge in [0.2, 0.25) is 11.2 Å². The van der Waals surface area contributed by atoms with Crippen LogP contribution in [0.1, 0.15) is 57.6 Å². The highest BCUT2D eigenvalue weighted by Crippen LogP contribution is 2.52. The summed E-state index contributed by atoms with van der Waals surface area (Å²) in [5, 5.41) is 4.14. The minimum Gasteiger partial charge on any atom is -0.198 e. The number of pyridine rings is 2. The molecular formula is C41H42N2+2. The van der Waals surface area contributed by atoms with Crippen molar-refractivity contribution in [2.45, 2.75) is 70.9 Å². The second-order valence-corrected chi connectivity index (χ2v) is 12.6. The van der Waals surface area contributed by atoms with E-state index in [-0.39, 0.29) is 11.0 Å². The standard InChI is InChI=1S/C41H42N2/c1-5-40(4)41(6-2,36-21-12-18-32-22-23-33-19-13-27-43(40)39(33)38(32)36)25-14-26-42-28-24-34(31-16-8-7-9-17-31)29-37(42)35-20-11-10-15-30(35)3/h7-13,15-24,27-29H,5-6,14,25-26H2,1-4H3/q+2. The maximum atomic E-state index is 2.64. The summed E-state index contributed by atoms with van der Waals surface area (Å²) in [6, 6.07) is 40.4. The van der Waals surface area contributed by atoms with Crippen LogP contribution in [0.5, 0.6) is 0 Å². The molecule has 0 radical (unpaired) electrons. The van der Waals surface area contributed by atoms with Crippen LogP contribution < -0.4 is 9.13 Å². The smallest absolute Gasteiger partial charge is 0.198 e. The second kappa shape index (κ2) is 10.8. The minimum absolute atomic E-state index is 0.0232. The Morgan fingerprint density at radius 3 is 2.23 bits per heavy atom. The van der Waals surface area contributed by atoms with Crippen molar-refractivity contribution in [2.75, 3.05) is 0 Å². The number of rotatable bonds is 8. The summed E-state index contributed by atoms with van der Waals surface area (Å²) in [6.45, 7) is 10.5. The van der Waals surface area contributed by atoms with Crippen molar-refractivity contribution in [3.05, 3.63) is 133 Å². The van der Waals surface area contributed by atoms with Gasteiger partial charge in [0, 0.05) is 48.9 Å². The van der Waals surface area contributed by atoms with Gasteiger partial charge in [0.1, 0.15) is 6.54 Å². The molecule has 3 heterocycles. The summed E-state index contributed by atoms with van der Waals surface area (Å²) in [5.41, 5.74) is 9.37. The molecule has 0 N–H and O–H groups in total. The van der Waals surface area contributed by atoms with Gasteiger partial charge in [-0.3, -0.25) is 0 Å². The van der Waals surface area contributed by atoms with Crippen molar-refractivity contribution in [1.29, 1.82) is 0 Å². The van der Waals surface area contributed by atoms with Crippen LogP contribution >= 0.6 is 0 Å². The number of hydrogen-bond donors (Lipinski definition) is 0. The molecule has 0 aliphatic carbocycles. The molecule has 2 atom stereocenters. The van der Waals surface area contributed by atoms with E-state index in [0.717, 1.165) is 32.2 Å². The molecule has 0 amide bonds. The van der Waals surface area contributed by atoms with Crippen molar-refractivity contribution in [1.82, 2.24) is 0 Å². The molecule has 2 nitrogen and oxygen atoms in total. The van der Waals surface area contributed by atoms with E-state index >= 15 is 0 Å². The van der Waals surface area contributed by atoms with E-state index in [1.54, 1.807) is 0 Å². The molecule has 1 aliphatic heterocycles. The van der Waals surface area contributed by atoms with Crippen molar-refractivity contribution in [3.8, 4) is 22.4 Å². The van der Waals surface area contributed by atoms with E-state index in [0.29, 0.717) is 0 Å². The van der Waals surface area contributed by atoms with Crippen molar-refractivity contribution < 1.29 is 9.13 Å². The molecule has 7 rings (SSSR count). The van der Waals surface area contributed by atoms with E-state index in [4.69, 9.17) is 0 Å². The average Bonchev–Trinajstić information content (AvgIpc) is 3.06. The molecular weight excluding hydrogens is 520 g/mol. The van der Waals surface area contributed by atoms with Gasteiger partial charge < -0.3 is 0 Å². The molecule has 0 bridgehead atoms. The predicted octanol–water partition coefficient (Wildman–Crippen LogP) is 9.48. The molecule has 4 aromatic carbocycles. The first kappa shape index (κ1) is 27.5. The summed E-state index contributed by atoms with van der Waals surface area (Å²) in [6.07, 6.45) is 9.09. The second-order valence-electron chi connectivity index (χ2n) is 12.6. The van der Waals surface area contributed by atoms with Gasteiger partial charge in [-0.2, -0.15) is 9.13 Å². The van der Waals surface area contributed by atoms with Crippen LogP contribution in [0.15, 0.2) is 122 Å². The molecule has 0 spiro atoms. The lowest BCUT2D eigenvalue weighted by atomic mass is 9.58. The van der Waals surface area contributed by atoms with Gasteiger partial charge in [0.15, 0.2) is 17.9 Å². The molecule has 2 aromatic heterocycles. The third-order valence-corrected chi connectivity index (χ3v) is 10.7. The first-order valence-corrected chi connectivity index (χ1v) is 16.0. The Labute approximate surface area is 256 Å². The fourth-order valence-electron chi connectivity index (χ4n) is 8.25. The topological polar surface area (TPSA) is 7.76 Å². The zero-order chi connectivity index (χ0) is 29.6. The van der Waals surface area contributed by atoms with Gasteiger partial charge in [-0.05, 0) is 65.6 Å². The van der Waals surface area contributed by atoms with Gasteiger partial charge in [0.25, 0.3) is 0 Å². The van der Waals surface area contributed by atoms with E-state index in [2.05, 4.69) is 158 Å². The number of aromatic nitrogens is 2. The van der Waals surface area contributed by atoms with Crippen LogP contribution in [0.25, 0.3) is 44.1 Å². The van der Waals surface area contributed by atoms with E-state index in [1.807, 2.05) is 0 Å². The highest BCUT2D eigenvalue weighted by molar-refractivity contribution is 6.06. The van der Waals surface area contributed by atoms with Gasteiger partial charge in [-0.1, -0.05) is 86.6 Å². The maximum Gasteiger partial charge on any atom is 0.221 e. The largest absolute Gasteiger partial charge is 0.221 e. The van der Waals surface area contributed by atoms with Crippen LogP contribution in [-0.2, 0) is 17.5 Å². The molecule has 6 aromatic rings. The van der Waals surface area contributed by atoms with Crippen molar-refractivity contribution >= 4 is 21.7 Å². The first-order chi connectivity index (χ1) is 21.0.